The van der Waals surface area contributed by atoms with Gasteiger partial charge in [-0.1, -0.05) is 17.7 Å². The Kier molecular flexibility index (Phi) is 5.07. The number of benzene rings is 1. The Bertz CT molecular complexity index is 813. The molecule has 1 N–H and O–H groups in total. The second kappa shape index (κ2) is 7.28. The molecular weight excluding hydrogens is 326 g/mol. The molecule has 0 bridgehead atoms. The predicted molar refractivity (Wildman–Crippen MR) is 102 cm³/mol. The number of anilines is 1. The summed E-state index contributed by atoms with van der Waals surface area (Å²) in [5.74, 6) is -0.279. The van der Waals surface area contributed by atoms with Gasteiger partial charge in [-0.15, -0.1) is 0 Å². The van der Waals surface area contributed by atoms with Crippen molar-refractivity contribution in [2.45, 2.75) is 33.1 Å². The van der Waals surface area contributed by atoms with Crippen molar-refractivity contribution < 1.29 is 9.59 Å². The Morgan fingerprint density at radius 2 is 1.85 bits per heavy atom. The third-order valence-electron chi connectivity index (χ3n) is 5.06. The van der Waals surface area contributed by atoms with Crippen molar-refractivity contribution in [3.63, 3.8) is 0 Å². The molecule has 0 radical (unpaired) electrons. The van der Waals surface area contributed by atoms with E-state index in [-0.39, 0.29) is 11.8 Å². The van der Waals surface area contributed by atoms with E-state index in [1.807, 2.05) is 44.2 Å². The molecule has 136 valence electrons. The maximum atomic E-state index is 12.9. The van der Waals surface area contributed by atoms with Gasteiger partial charge < -0.3 is 10.2 Å². The Morgan fingerprint density at radius 1 is 1.15 bits per heavy atom. The van der Waals surface area contributed by atoms with Crippen molar-refractivity contribution in [3.8, 4) is 0 Å². The topological polar surface area (TPSA) is 62.3 Å². The summed E-state index contributed by atoms with van der Waals surface area (Å²) in [6.45, 7) is 4.56. The molecule has 0 aliphatic heterocycles. The highest BCUT2D eigenvalue weighted by Crippen LogP contribution is 2.48. The number of likely N-dealkylation sites (N-methyl/N-ethyl adjacent to an activating group) is 1. The highest BCUT2D eigenvalue weighted by atomic mass is 16.2. The van der Waals surface area contributed by atoms with E-state index < -0.39 is 5.41 Å². The second-order valence-corrected chi connectivity index (χ2v) is 7.19. The molecule has 3 rings (SSSR count). The highest BCUT2D eigenvalue weighted by Gasteiger charge is 2.57. The molecule has 2 amide bonds. The van der Waals surface area contributed by atoms with Gasteiger partial charge in [0.05, 0.1) is 0 Å². The number of amides is 2. The van der Waals surface area contributed by atoms with Gasteiger partial charge >= 0.3 is 0 Å². The number of carbonyl (C=O) groups is 2. The van der Waals surface area contributed by atoms with Crippen molar-refractivity contribution in [2.24, 2.45) is 5.41 Å². The van der Waals surface area contributed by atoms with Gasteiger partial charge in [-0.25, -0.2) is 0 Å². The number of nitrogens with zero attached hydrogens (tertiary/aromatic N) is 2. The van der Waals surface area contributed by atoms with E-state index in [9.17, 15) is 9.59 Å². The normalized spacial score (nSPS) is 14.6. The maximum absolute atomic E-state index is 12.9. The Hall–Kier alpha value is -2.69. The maximum Gasteiger partial charge on any atom is 0.240 e. The largest absolute Gasteiger partial charge is 0.344 e. The Labute approximate surface area is 154 Å². The first-order valence-corrected chi connectivity index (χ1v) is 8.95. The van der Waals surface area contributed by atoms with Gasteiger partial charge in [0, 0.05) is 31.7 Å². The van der Waals surface area contributed by atoms with Gasteiger partial charge in [0.2, 0.25) is 11.8 Å². The van der Waals surface area contributed by atoms with E-state index in [2.05, 4.69) is 10.3 Å². The molecule has 5 nitrogen and oxygen atoms in total. The molecule has 0 saturated heterocycles. The van der Waals surface area contributed by atoms with E-state index in [0.717, 1.165) is 28.8 Å². The molecular formula is C21H25N3O2. The summed E-state index contributed by atoms with van der Waals surface area (Å²) < 4.78 is 0. The number of carbonyl (C=O) groups excluding carboxylic acids is 2. The van der Waals surface area contributed by atoms with Crippen molar-refractivity contribution >= 4 is 17.5 Å². The number of aryl methyl sites for hydroxylation is 2. The smallest absolute Gasteiger partial charge is 0.240 e. The zero-order valence-corrected chi connectivity index (χ0v) is 15.6. The number of nitrogens with one attached hydrogen (secondary N) is 1. The summed E-state index contributed by atoms with van der Waals surface area (Å²) in [7, 11) is 1.77. The summed E-state index contributed by atoms with van der Waals surface area (Å²) in [6, 6.07) is 9.77. The van der Waals surface area contributed by atoms with Gasteiger partial charge in [0.1, 0.15) is 5.41 Å². The van der Waals surface area contributed by atoms with Gasteiger partial charge in [-0.3, -0.25) is 14.6 Å². The van der Waals surface area contributed by atoms with E-state index in [1.165, 1.54) is 0 Å². The van der Waals surface area contributed by atoms with E-state index in [4.69, 9.17) is 0 Å². The summed E-state index contributed by atoms with van der Waals surface area (Å²) >= 11 is 0. The molecule has 1 fully saturated rings. The molecule has 2 aromatic rings. The lowest BCUT2D eigenvalue weighted by atomic mass is 10.0. The molecule has 1 saturated carbocycles. The third-order valence-corrected chi connectivity index (χ3v) is 5.06. The molecule has 0 atom stereocenters. The van der Waals surface area contributed by atoms with Crippen LogP contribution in [0, 0.1) is 19.3 Å². The highest BCUT2D eigenvalue weighted by molar-refractivity contribution is 6.13. The number of pyridine rings is 1. The van der Waals surface area contributed by atoms with Crippen LogP contribution in [0.2, 0.25) is 0 Å². The average Bonchev–Trinajstić information content (AvgIpc) is 3.44. The molecule has 0 spiro atoms. The van der Waals surface area contributed by atoms with Crippen LogP contribution in [0.15, 0.2) is 42.7 Å². The standard InChI is InChI=1S/C21H25N3O2/c1-15-4-5-18(16(2)14-15)23-19(25)21(9-10-21)20(26)24(3)13-8-17-6-11-22-12-7-17/h4-7,11-12,14H,8-10,13H2,1-3H3,(H,23,25). The molecule has 5 heteroatoms. The zero-order chi connectivity index (χ0) is 18.7. The lowest BCUT2D eigenvalue weighted by Gasteiger charge is -2.23. The van der Waals surface area contributed by atoms with Crippen molar-refractivity contribution in [1.82, 2.24) is 9.88 Å². The molecule has 1 heterocycles. The molecule has 26 heavy (non-hydrogen) atoms. The summed E-state index contributed by atoms with van der Waals surface area (Å²) in [6.07, 6.45) is 5.47. The van der Waals surface area contributed by atoms with Crippen LogP contribution in [0.5, 0.6) is 0 Å². The first-order chi connectivity index (χ1) is 12.4. The van der Waals surface area contributed by atoms with Crippen LogP contribution in [0.1, 0.15) is 29.5 Å². The van der Waals surface area contributed by atoms with Crippen molar-refractivity contribution in [3.05, 3.63) is 59.4 Å². The molecule has 1 aliphatic carbocycles. The van der Waals surface area contributed by atoms with Crippen LogP contribution in [0.4, 0.5) is 5.69 Å². The molecule has 1 aromatic heterocycles. The number of rotatable bonds is 6. The predicted octanol–water partition coefficient (Wildman–Crippen LogP) is 3.12. The first kappa shape index (κ1) is 18.1. The minimum absolute atomic E-state index is 0.0891. The zero-order valence-electron chi connectivity index (χ0n) is 15.6. The van der Waals surface area contributed by atoms with Crippen molar-refractivity contribution in [1.29, 1.82) is 0 Å². The SMILES string of the molecule is Cc1ccc(NC(=O)C2(C(=O)N(C)CCc3ccncc3)CC2)c(C)c1. The lowest BCUT2D eigenvalue weighted by Crippen LogP contribution is -2.42. The van der Waals surface area contributed by atoms with Crippen LogP contribution < -0.4 is 5.32 Å². The summed E-state index contributed by atoms with van der Waals surface area (Å²) in [4.78, 5) is 31.3. The van der Waals surface area contributed by atoms with Gasteiger partial charge in [-0.2, -0.15) is 0 Å². The monoisotopic (exact) mass is 351 g/mol. The molecule has 0 unspecified atom stereocenters. The van der Waals surface area contributed by atoms with E-state index >= 15 is 0 Å². The number of hydrogen-bond acceptors (Lipinski definition) is 3. The van der Waals surface area contributed by atoms with E-state index in [1.54, 1.807) is 24.3 Å². The molecule has 1 aliphatic rings. The quantitative estimate of drug-likeness (QED) is 0.814. The van der Waals surface area contributed by atoms with Crippen LogP contribution >= 0.6 is 0 Å². The van der Waals surface area contributed by atoms with Gasteiger partial charge in [0.15, 0.2) is 0 Å². The third kappa shape index (κ3) is 3.77. The lowest BCUT2D eigenvalue weighted by molar-refractivity contribution is -0.141. The number of aromatic nitrogens is 1. The minimum atomic E-state index is -0.898. The van der Waals surface area contributed by atoms with E-state index in [0.29, 0.717) is 19.4 Å². The van der Waals surface area contributed by atoms with Crippen molar-refractivity contribution in [2.75, 3.05) is 18.9 Å². The molecule has 1 aromatic carbocycles. The average molecular weight is 351 g/mol. The van der Waals surface area contributed by atoms with Crippen LogP contribution in [-0.2, 0) is 16.0 Å². The second-order valence-electron chi connectivity index (χ2n) is 7.19. The van der Waals surface area contributed by atoms with Gasteiger partial charge in [0.25, 0.3) is 0 Å². The Morgan fingerprint density at radius 3 is 2.46 bits per heavy atom. The minimum Gasteiger partial charge on any atom is -0.344 e. The fourth-order valence-corrected chi connectivity index (χ4v) is 3.17. The van der Waals surface area contributed by atoms with Crippen LogP contribution in [0.25, 0.3) is 0 Å². The fourth-order valence-electron chi connectivity index (χ4n) is 3.17. The Balaban J connectivity index is 1.63. The summed E-state index contributed by atoms with van der Waals surface area (Å²) in [5.41, 5.74) is 3.16. The number of hydrogen-bond donors (Lipinski definition) is 1. The fraction of sp³-hybridized carbons (Fsp3) is 0.381. The van der Waals surface area contributed by atoms with Crippen LogP contribution in [0.3, 0.4) is 0 Å². The van der Waals surface area contributed by atoms with Gasteiger partial charge in [-0.05, 0) is 62.4 Å². The van der Waals surface area contributed by atoms with Crippen LogP contribution in [-0.4, -0.2) is 35.3 Å². The summed E-state index contributed by atoms with van der Waals surface area (Å²) in [5, 5.41) is 2.96. The first-order valence-electron chi connectivity index (χ1n) is 8.95.